The van der Waals surface area contributed by atoms with E-state index in [0.717, 1.165) is 4.90 Å². The molecule has 3 rings (SSSR count). The second kappa shape index (κ2) is 8.71. The van der Waals surface area contributed by atoms with E-state index in [9.17, 15) is 14.7 Å². The molecular weight excluding hydrogens is 396 g/mol. The smallest absolute Gasteiger partial charge is 0.325 e. The van der Waals surface area contributed by atoms with Crippen molar-refractivity contribution in [3.05, 3.63) is 59.1 Å². The number of β-amino-alcohol motifs (C(OH)–C–C–N with tert-alkyl or cyclic N) is 1. The zero-order valence-electron chi connectivity index (χ0n) is 16.2. The Kier molecular flexibility index (Phi) is 6.30. The Morgan fingerprint density at radius 2 is 1.72 bits per heavy atom. The second-order valence-electron chi connectivity index (χ2n) is 6.75. The van der Waals surface area contributed by atoms with Crippen molar-refractivity contribution in [2.24, 2.45) is 0 Å². The molecule has 154 valence electrons. The molecule has 0 spiro atoms. The summed E-state index contributed by atoms with van der Waals surface area (Å²) in [5.74, 6) is 0.788. The summed E-state index contributed by atoms with van der Waals surface area (Å²) in [6.45, 7) is 1.59. The highest BCUT2D eigenvalue weighted by Gasteiger charge is 2.51. The zero-order chi connectivity index (χ0) is 21.0. The van der Waals surface area contributed by atoms with Crippen molar-refractivity contribution in [3.8, 4) is 11.5 Å². The number of ether oxygens (including phenoxy) is 2. The molecule has 8 heteroatoms. The van der Waals surface area contributed by atoms with E-state index in [1.54, 1.807) is 55.6 Å². The summed E-state index contributed by atoms with van der Waals surface area (Å²) in [6.07, 6.45) is -0.665. The van der Waals surface area contributed by atoms with Crippen LogP contribution in [0, 0.1) is 0 Å². The molecule has 2 aromatic rings. The number of hydrogen-bond donors (Lipinski definition) is 2. The molecule has 1 fully saturated rings. The van der Waals surface area contributed by atoms with Gasteiger partial charge in [0.15, 0.2) is 0 Å². The lowest BCUT2D eigenvalue weighted by Crippen LogP contribution is -2.44. The van der Waals surface area contributed by atoms with Crippen molar-refractivity contribution in [1.29, 1.82) is 0 Å². The van der Waals surface area contributed by atoms with Gasteiger partial charge in [-0.2, -0.15) is 0 Å². The van der Waals surface area contributed by atoms with E-state index < -0.39 is 23.6 Å². The second-order valence-corrected chi connectivity index (χ2v) is 7.19. The molecule has 3 amide bonds. The quantitative estimate of drug-likeness (QED) is 0.643. The van der Waals surface area contributed by atoms with Gasteiger partial charge in [0.2, 0.25) is 0 Å². The van der Waals surface area contributed by atoms with Crippen molar-refractivity contribution in [2.75, 3.05) is 20.3 Å². The topological polar surface area (TPSA) is 88.1 Å². The predicted molar refractivity (Wildman–Crippen MR) is 108 cm³/mol. The lowest BCUT2D eigenvalue weighted by molar-refractivity contribution is -0.132. The molecule has 1 saturated heterocycles. The average Bonchev–Trinajstić information content (AvgIpc) is 2.98. The molecule has 0 aliphatic carbocycles. The monoisotopic (exact) mass is 418 g/mol. The number of hydrogen-bond acceptors (Lipinski definition) is 5. The maximum absolute atomic E-state index is 13.1. The van der Waals surface area contributed by atoms with E-state index in [1.165, 1.54) is 0 Å². The number of halogens is 1. The molecule has 1 heterocycles. The minimum absolute atomic E-state index is 0.0691. The van der Waals surface area contributed by atoms with E-state index in [4.69, 9.17) is 21.1 Å². The number of benzene rings is 2. The van der Waals surface area contributed by atoms with Gasteiger partial charge in [-0.15, -0.1) is 0 Å². The Labute approximate surface area is 174 Å². The van der Waals surface area contributed by atoms with Gasteiger partial charge in [-0.05, 0) is 48.4 Å². The van der Waals surface area contributed by atoms with Crippen molar-refractivity contribution in [2.45, 2.75) is 25.0 Å². The molecular formula is C21H23ClN2O5. The molecule has 0 aromatic heterocycles. The van der Waals surface area contributed by atoms with Gasteiger partial charge in [-0.1, -0.05) is 30.7 Å². The van der Waals surface area contributed by atoms with Crippen LogP contribution in [-0.2, 0) is 10.3 Å². The SMILES string of the molecule is CC[C@]1(c2ccc(OC)cc2)NC(=O)N(C[C@H](O)COc2ccc(Cl)cc2)C1=O. The lowest BCUT2D eigenvalue weighted by atomic mass is 9.87. The van der Waals surface area contributed by atoms with Gasteiger partial charge < -0.3 is 19.9 Å². The van der Waals surface area contributed by atoms with E-state index in [1.807, 2.05) is 6.92 Å². The summed E-state index contributed by atoms with van der Waals surface area (Å²) >= 11 is 5.83. The number of amides is 3. The molecule has 29 heavy (non-hydrogen) atoms. The van der Waals surface area contributed by atoms with Crippen LogP contribution in [0.1, 0.15) is 18.9 Å². The third-order valence-electron chi connectivity index (χ3n) is 4.94. The van der Waals surface area contributed by atoms with E-state index >= 15 is 0 Å². The van der Waals surface area contributed by atoms with Crippen LogP contribution in [0.4, 0.5) is 4.79 Å². The van der Waals surface area contributed by atoms with Crippen LogP contribution < -0.4 is 14.8 Å². The number of nitrogens with zero attached hydrogens (tertiary/aromatic N) is 1. The van der Waals surface area contributed by atoms with Crippen LogP contribution in [0.2, 0.25) is 5.02 Å². The first-order valence-electron chi connectivity index (χ1n) is 9.24. The number of rotatable bonds is 8. The third kappa shape index (κ3) is 4.31. The van der Waals surface area contributed by atoms with Gasteiger partial charge in [0.1, 0.15) is 29.7 Å². The number of carbonyl (C=O) groups is 2. The Hall–Kier alpha value is -2.77. The largest absolute Gasteiger partial charge is 0.497 e. The summed E-state index contributed by atoms with van der Waals surface area (Å²) in [6, 6.07) is 13.1. The van der Waals surface area contributed by atoms with Crippen molar-refractivity contribution in [1.82, 2.24) is 10.2 Å². The molecule has 0 radical (unpaired) electrons. The highest BCUT2D eigenvalue weighted by Crippen LogP contribution is 2.33. The maximum atomic E-state index is 13.1. The lowest BCUT2D eigenvalue weighted by Gasteiger charge is -2.26. The molecule has 0 bridgehead atoms. The molecule has 2 N–H and O–H groups in total. The Morgan fingerprint density at radius 3 is 2.31 bits per heavy atom. The van der Waals surface area contributed by atoms with Crippen LogP contribution >= 0.6 is 11.6 Å². The molecule has 2 atom stereocenters. The first kappa shape index (κ1) is 21.0. The number of urea groups is 1. The average molecular weight is 419 g/mol. The number of imide groups is 1. The van der Waals surface area contributed by atoms with Gasteiger partial charge in [-0.3, -0.25) is 9.69 Å². The standard InChI is InChI=1S/C21H23ClN2O5/c1-3-21(14-4-8-17(28-2)9-5-14)19(26)24(20(27)23-21)12-16(25)13-29-18-10-6-15(22)7-11-18/h4-11,16,25H,3,12-13H2,1-2H3,(H,23,27)/t16-,21+/m0/s1. The summed E-state index contributed by atoms with van der Waals surface area (Å²) < 4.78 is 10.7. The summed E-state index contributed by atoms with van der Waals surface area (Å²) in [5.41, 5.74) is -0.506. The van der Waals surface area contributed by atoms with E-state index in [-0.39, 0.29) is 13.2 Å². The van der Waals surface area contributed by atoms with Crippen molar-refractivity contribution < 1.29 is 24.2 Å². The maximum Gasteiger partial charge on any atom is 0.325 e. The normalized spacial score (nSPS) is 19.8. The first-order chi connectivity index (χ1) is 13.9. The van der Waals surface area contributed by atoms with Gasteiger partial charge in [0, 0.05) is 5.02 Å². The number of aliphatic hydroxyl groups is 1. The molecule has 0 unspecified atom stereocenters. The zero-order valence-corrected chi connectivity index (χ0v) is 17.0. The minimum atomic E-state index is -1.17. The van der Waals surface area contributed by atoms with Crippen LogP contribution in [0.3, 0.4) is 0 Å². The number of aliphatic hydroxyl groups excluding tert-OH is 1. The molecule has 1 aliphatic heterocycles. The Balaban J connectivity index is 1.68. The Bertz CT molecular complexity index is 872. The predicted octanol–water partition coefficient (Wildman–Crippen LogP) is 2.95. The van der Waals surface area contributed by atoms with Crippen molar-refractivity contribution in [3.63, 3.8) is 0 Å². The van der Waals surface area contributed by atoms with Crippen molar-refractivity contribution >= 4 is 23.5 Å². The minimum Gasteiger partial charge on any atom is -0.497 e. The summed E-state index contributed by atoms with van der Waals surface area (Å²) in [5, 5.41) is 13.7. The highest BCUT2D eigenvalue weighted by atomic mass is 35.5. The van der Waals surface area contributed by atoms with Gasteiger partial charge >= 0.3 is 6.03 Å². The Morgan fingerprint density at radius 1 is 1.10 bits per heavy atom. The summed E-state index contributed by atoms with van der Waals surface area (Å²) in [7, 11) is 1.56. The fourth-order valence-electron chi connectivity index (χ4n) is 3.29. The number of nitrogens with one attached hydrogen (secondary N) is 1. The van der Waals surface area contributed by atoms with Crippen LogP contribution in [-0.4, -0.2) is 48.3 Å². The summed E-state index contributed by atoms with van der Waals surface area (Å²) in [4.78, 5) is 26.7. The molecule has 2 aromatic carbocycles. The van der Waals surface area contributed by atoms with Gasteiger partial charge in [0.05, 0.1) is 13.7 Å². The molecule has 1 aliphatic rings. The van der Waals surface area contributed by atoms with E-state index in [0.29, 0.717) is 28.5 Å². The first-order valence-corrected chi connectivity index (χ1v) is 9.62. The van der Waals surface area contributed by atoms with Gasteiger partial charge in [-0.25, -0.2) is 4.79 Å². The van der Waals surface area contributed by atoms with Crippen LogP contribution in [0.25, 0.3) is 0 Å². The number of carbonyl (C=O) groups excluding carboxylic acids is 2. The molecule has 0 saturated carbocycles. The highest BCUT2D eigenvalue weighted by molar-refractivity contribution is 6.30. The van der Waals surface area contributed by atoms with Gasteiger partial charge in [0.25, 0.3) is 5.91 Å². The molecule has 7 nitrogen and oxygen atoms in total. The van der Waals surface area contributed by atoms with Crippen LogP contribution in [0.5, 0.6) is 11.5 Å². The van der Waals surface area contributed by atoms with Crippen LogP contribution in [0.15, 0.2) is 48.5 Å². The fourth-order valence-corrected chi connectivity index (χ4v) is 3.42. The van der Waals surface area contributed by atoms with E-state index in [2.05, 4.69) is 5.32 Å². The number of methoxy groups -OCH3 is 1. The fraction of sp³-hybridized carbons (Fsp3) is 0.333. The third-order valence-corrected chi connectivity index (χ3v) is 5.19.